The Morgan fingerprint density at radius 3 is 2.71 bits per heavy atom. The first-order chi connectivity index (χ1) is 20.2. The molecule has 3 aliphatic heterocycles. The number of carbonyl (C=O) groups excluding carboxylic acids is 1. The lowest BCUT2D eigenvalue weighted by atomic mass is 9.88. The van der Waals surface area contributed by atoms with Gasteiger partial charge in [0.2, 0.25) is 11.9 Å². The van der Waals surface area contributed by atoms with Crippen LogP contribution in [0.4, 0.5) is 26.2 Å². The molecule has 1 aromatic carbocycles. The predicted molar refractivity (Wildman–Crippen MR) is 158 cm³/mol. The van der Waals surface area contributed by atoms with Crippen molar-refractivity contribution in [2.24, 2.45) is 0 Å². The molecule has 2 fully saturated rings. The third-order valence-corrected chi connectivity index (χ3v) is 9.29. The van der Waals surface area contributed by atoms with E-state index in [1.54, 1.807) is 11.0 Å². The minimum atomic E-state index is -1.00. The Morgan fingerprint density at radius 1 is 1.17 bits per heavy atom. The van der Waals surface area contributed by atoms with Crippen LogP contribution < -0.4 is 14.7 Å². The number of amides is 1. The molecule has 0 N–H and O–H groups in total. The number of benzene rings is 1. The van der Waals surface area contributed by atoms with E-state index in [0.29, 0.717) is 50.9 Å². The van der Waals surface area contributed by atoms with Gasteiger partial charge in [0.25, 0.3) is 0 Å². The van der Waals surface area contributed by atoms with E-state index in [9.17, 15) is 18.8 Å². The maximum absolute atomic E-state index is 14.9. The summed E-state index contributed by atoms with van der Waals surface area (Å²) in [7, 11) is 4.14. The van der Waals surface area contributed by atoms with Crippen LogP contribution in [0, 0.1) is 17.1 Å². The summed E-state index contributed by atoms with van der Waals surface area (Å²) in [5.74, 6) is 1.07. The van der Waals surface area contributed by atoms with Gasteiger partial charge in [-0.15, -0.1) is 0 Å². The zero-order valence-electron chi connectivity index (χ0n) is 24.3. The molecule has 0 spiro atoms. The standard InChI is InChI=1S/C31H38F2N8O/c1-4-29(42)40-12-11-38(17-24(40)9-10-34)30-26-8-7-23(41-16-22(33)13-20-5-6-21(32)14-28(20)41)15-27(26)35-31(36-30)39-18-25(19-39)37(2)3/h4-6,14,22-25H,1,7-9,11-13,15-19H2,2-3H3/t22-,23-,24+/m1/s1. The van der Waals surface area contributed by atoms with Crippen LogP contribution in [0.5, 0.6) is 0 Å². The number of hydrogen-bond acceptors (Lipinski definition) is 8. The third kappa shape index (κ3) is 5.28. The van der Waals surface area contributed by atoms with Crippen molar-refractivity contribution in [3.05, 3.63) is 53.5 Å². The maximum Gasteiger partial charge on any atom is 0.246 e. The molecule has 4 heterocycles. The van der Waals surface area contributed by atoms with Gasteiger partial charge in [-0.1, -0.05) is 12.6 Å². The van der Waals surface area contributed by atoms with Crippen LogP contribution in [-0.2, 0) is 24.1 Å². The number of carbonyl (C=O) groups is 1. The Kier molecular flexibility index (Phi) is 7.75. The molecule has 42 heavy (non-hydrogen) atoms. The summed E-state index contributed by atoms with van der Waals surface area (Å²) < 4.78 is 29.2. The smallest absolute Gasteiger partial charge is 0.246 e. The second kappa shape index (κ2) is 11.5. The van der Waals surface area contributed by atoms with Gasteiger partial charge in [0.1, 0.15) is 17.8 Å². The van der Waals surface area contributed by atoms with Gasteiger partial charge in [0.15, 0.2) is 0 Å². The van der Waals surface area contributed by atoms with E-state index in [0.717, 1.165) is 47.8 Å². The highest BCUT2D eigenvalue weighted by molar-refractivity contribution is 5.87. The Balaban J connectivity index is 1.33. The quantitative estimate of drug-likeness (QED) is 0.486. The van der Waals surface area contributed by atoms with Crippen LogP contribution >= 0.6 is 0 Å². The molecular weight excluding hydrogens is 538 g/mol. The van der Waals surface area contributed by atoms with Crippen molar-refractivity contribution in [1.29, 1.82) is 5.26 Å². The molecule has 0 unspecified atom stereocenters. The van der Waals surface area contributed by atoms with Crippen LogP contribution in [-0.4, -0.2) is 103 Å². The van der Waals surface area contributed by atoms with E-state index >= 15 is 0 Å². The maximum atomic E-state index is 14.9. The average Bonchev–Trinajstić information content (AvgIpc) is 2.95. The number of nitrogens with zero attached hydrogens (tertiary/aromatic N) is 8. The number of alkyl halides is 1. The lowest BCUT2D eigenvalue weighted by Crippen LogP contribution is -2.58. The van der Waals surface area contributed by atoms with Crippen LogP contribution in [0.3, 0.4) is 0 Å². The molecule has 6 rings (SSSR count). The second-order valence-electron chi connectivity index (χ2n) is 12.1. The molecule has 2 saturated heterocycles. The molecule has 11 heteroatoms. The fraction of sp³-hybridized carbons (Fsp3) is 0.548. The molecular formula is C31H38F2N8O. The zero-order valence-corrected chi connectivity index (χ0v) is 24.3. The Bertz CT molecular complexity index is 1400. The predicted octanol–water partition coefficient (Wildman–Crippen LogP) is 2.74. The van der Waals surface area contributed by atoms with E-state index in [1.807, 2.05) is 4.90 Å². The van der Waals surface area contributed by atoms with Gasteiger partial charge in [-0.2, -0.15) is 10.2 Å². The van der Waals surface area contributed by atoms with Gasteiger partial charge >= 0.3 is 0 Å². The van der Waals surface area contributed by atoms with Crippen LogP contribution in [0.1, 0.15) is 29.7 Å². The van der Waals surface area contributed by atoms with Crippen LogP contribution in [0.25, 0.3) is 0 Å². The Hall–Kier alpha value is -3.78. The first kappa shape index (κ1) is 28.3. The van der Waals surface area contributed by atoms with E-state index in [4.69, 9.17) is 9.97 Å². The number of likely N-dealkylation sites (N-methyl/N-ethyl adjacent to an activating group) is 1. The van der Waals surface area contributed by atoms with Crippen molar-refractivity contribution in [3.63, 3.8) is 0 Å². The highest BCUT2D eigenvalue weighted by Gasteiger charge is 2.38. The molecule has 9 nitrogen and oxygen atoms in total. The molecule has 0 saturated carbocycles. The van der Waals surface area contributed by atoms with Crippen molar-refractivity contribution in [1.82, 2.24) is 19.8 Å². The zero-order chi connectivity index (χ0) is 29.5. The number of aromatic nitrogens is 2. The van der Waals surface area contributed by atoms with E-state index in [1.165, 1.54) is 18.2 Å². The second-order valence-corrected chi connectivity index (χ2v) is 12.1. The van der Waals surface area contributed by atoms with Gasteiger partial charge in [0, 0.05) is 75.4 Å². The van der Waals surface area contributed by atoms with Crippen molar-refractivity contribution >= 4 is 23.4 Å². The SMILES string of the molecule is C=CC(=O)N1CCN(c2nc(N3CC(N(C)C)C3)nc3c2CC[C@@H](N2C[C@H](F)Cc4ccc(F)cc42)C3)C[C@@H]1CC#N. The lowest BCUT2D eigenvalue weighted by molar-refractivity contribution is -0.128. The fourth-order valence-electron chi connectivity index (χ4n) is 6.85. The molecule has 4 aliphatic rings. The van der Waals surface area contributed by atoms with Gasteiger partial charge < -0.3 is 24.5 Å². The highest BCUT2D eigenvalue weighted by Crippen LogP contribution is 2.38. The number of anilines is 3. The van der Waals surface area contributed by atoms with Gasteiger partial charge in [-0.3, -0.25) is 4.79 Å². The molecule has 1 aromatic heterocycles. The minimum absolute atomic E-state index is 0.00786. The third-order valence-electron chi connectivity index (χ3n) is 9.29. The van der Waals surface area contributed by atoms with E-state index < -0.39 is 6.17 Å². The molecule has 1 amide bonds. The summed E-state index contributed by atoms with van der Waals surface area (Å²) in [4.78, 5) is 33.1. The molecule has 0 bridgehead atoms. The number of piperazine rings is 1. The Morgan fingerprint density at radius 2 is 1.98 bits per heavy atom. The van der Waals surface area contributed by atoms with Crippen molar-refractivity contribution in [2.45, 2.75) is 56.4 Å². The summed E-state index contributed by atoms with van der Waals surface area (Å²) in [6.45, 7) is 7.11. The molecule has 222 valence electrons. The molecule has 3 atom stereocenters. The van der Waals surface area contributed by atoms with Crippen molar-refractivity contribution in [2.75, 3.05) is 68.1 Å². The summed E-state index contributed by atoms with van der Waals surface area (Å²) >= 11 is 0. The number of hydrogen-bond donors (Lipinski definition) is 0. The van der Waals surface area contributed by atoms with Gasteiger partial charge in [0.05, 0.1) is 24.2 Å². The largest absolute Gasteiger partial charge is 0.365 e. The first-order valence-electron chi connectivity index (χ1n) is 14.8. The molecule has 0 radical (unpaired) electrons. The normalized spacial score (nSPS) is 24.1. The molecule has 1 aliphatic carbocycles. The summed E-state index contributed by atoms with van der Waals surface area (Å²) in [6, 6.07) is 7.05. The summed E-state index contributed by atoms with van der Waals surface area (Å²) in [6.07, 6.45) is 2.93. The average molecular weight is 577 g/mol. The van der Waals surface area contributed by atoms with E-state index in [-0.39, 0.29) is 36.8 Å². The van der Waals surface area contributed by atoms with Crippen LogP contribution in [0.2, 0.25) is 0 Å². The number of halogens is 2. The van der Waals surface area contributed by atoms with Gasteiger partial charge in [-0.25, -0.2) is 13.8 Å². The number of nitriles is 1. The lowest BCUT2D eigenvalue weighted by Gasteiger charge is -2.45. The highest BCUT2D eigenvalue weighted by atomic mass is 19.1. The summed E-state index contributed by atoms with van der Waals surface area (Å²) in [5, 5.41) is 9.50. The summed E-state index contributed by atoms with van der Waals surface area (Å²) in [5.41, 5.74) is 3.65. The van der Waals surface area contributed by atoms with Crippen molar-refractivity contribution in [3.8, 4) is 6.07 Å². The fourth-order valence-corrected chi connectivity index (χ4v) is 6.85. The number of fused-ring (bicyclic) bond motifs is 2. The van der Waals surface area contributed by atoms with Gasteiger partial charge in [-0.05, 0) is 50.7 Å². The topological polar surface area (TPSA) is 82.8 Å². The first-order valence-corrected chi connectivity index (χ1v) is 14.8. The van der Waals surface area contributed by atoms with Crippen molar-refractivity contribution < 1.29 is 13.6 Å². The minimum Gasteiger partial charge on any atom is -0.365 e. The Labute approximate surface area is 246 Å². The van der Waals surface area contributed by atoms with E-state index in [2.05, 4.69) is 41.4 Å². The van der Waals surface area contributed by atoms with Crippen LogP contribution in [0.15, 0.2) is 30.9 Å². The monoisotopic (exact) mass is 576 g/mol. The molecule has 2 aromatic rings. The number of rotatable bonds is 6.